The van der Waals surface area contributed by atoms with Crippen molar-refractivity contribution >= 4 is 43.6 Å². The molecule has 0 unspecified atom stereocenters. The van der Waals surface area contributed by atoms with Gasteiger partial charge in [0.25, 0.3) is 0 Å². The highest BCUT2D eigenvalue weighted by Crippen LogP contribution is 2.31. The quantitative estimate of drug-likeness (QED) is 0.178. The summed E-state index contributed by atoms with van der Waals surface area (Å²) in [7, 11) is 0. The number of halogens is 2. The third kappa shape index (κ3) is 3.57. The van der Waals surface area contributed by atoms with Crippen LogP contribution in [0.5, 0.6) is 0 Å². The van der Waals surface area contributed by atoms with Gasteiger partial charge in [0.2, 0.25) is 11.9 Å². The molecule has 6 heteroatoms. The van der Waals surface area contributed by atoms with Gasteiger partial charge in [-0.05, 0) is 49.2 Å². The van der Waals surface area contributed by atoms with E-state index in [0.29, 0.717) is 22.1 Å². The zero-order valence-corrected chi connectivity index (χ0v) is 20.6. The molecular formula is C32H20F2N4. The van der Waals surface area contributed by atoms with Crippen LogP contribution >= 0.6 is 0 Å². The van der Waals surface area contributed by atoms with E-state index in [2.05, 4.69) is 9.97 Å². The lowest BCUT2D eigenvalue weighted by Crippen LogP contribution is -1.93. The third-order valence-corrected chi connectivity index (χ3v) is 7.11. The number of rotatable bonds is 2. The Kier molecular flexibility index (Phi) is 4.91. The Balaban J connectivity index is 1.32. The van der Waals surface area contributed by atoms with Crippen LogP contribution in [0.15, 0.2) is 84.9 Å². The molecule has 0 saturated carbocycles. The second-order valence-electron chi connectivity index (χ2n) is 9.56. The normalized spacial score (nSPS) is 11.7. The number of hydrogen-bond donors (Lipinski definition) is 0. The van der Waals surface area contributed by atoms with Crippen LogP contribution in [0, 0.1) is 25.7 Å². The molecule has 0 aliphatic heterocycles. The van der Waals surface area contributed by atoms with Crippen molar-refractivity contribution in [2.24, 2.45) is 0 Å². The molecule has 0 N–H and O–H groups in total. The number of nitrogens with zero attached hydrogens (tertiary/aromatic N) is 4. The van der Waals surface area contributed by atoms with Gasteiger partial charge in [0.15, 0.2) is 0 Å². The molecule has 4 heterocycles. The summed E-state index contributed by atoms with van der Waals surface area (Å²) in [6, 6.07) is 26.6. The Morgan fingerprint density at radius 3 is 1.26 bits per heavy atom. The van der Waals surface area contributed by atoms with Crippen molar-refractivity contribution in [1.29, 1.82) is 0 Å². The summed E-state index contributed by atoms with van der Waals surface area (Å²) >= 11 is 0. The molecule has 7 rings (SSSR count). The second kappa shape index (κ2) is 8.35. The highest BCUT2D eigenvalue weighted by atomic mass is 19.1. The number of aromatic nitrogens is 4. The molecule has 0 atom stereocenters. The minimum atomic E-state index is -0.511. The molecule has 0 saturated heterocycles. The fraction of sp³-hybridized carbons (Fsp3) is 0.0625. The van der Waals surface area contributed by atoms with Gasteiger partial charge in [-0.3, -0.25) is 0 Å². The van der Waals surface area contributed by atoms with Crippen molar-refractivity contribution in [3.63, 3.8) is 0 Å². The van der Waals surface area contributed by atoms with Crippen LogP contribution in [-0.2, 0) is 0 Å². The summed E-state index contributed by atoms with van der Waals surface area (Å²) < 4.78 is 28.2. The van der Waals surface area contributed by atoms with Gasteiger partial charge >= 0.3 is 0 Å². The van der Waals surface area contributed by atoms with E-state index < -0.39 is 11.9 Å². The van der Waals surface area contributed by atoms with E-state index >= 15 is 0 Å². The first-order valence-corrected chi connectivity index (χ1v) is 12.3. The maximum Gasteiger partial charge on any atom is 0.213 e. The summed E-state index contributed by atoms with van der Waals surface area (Å²) in [5.74, 6) is -1.02. The molecule has 3 aromatic carbocycles. The summed E-state index contributed by atoms with van der Waals surface area (Å²) in [5.41, 5.74) is 7.51. The SMILES string of the molecule is Cc1cc(F)nc2c1ccc1ccc(-c3ccc(-c4ccc5ccc6c(C)cc(F)nc6c5n4)cc3)nc12. The molecule has 7 aromatic rings. The third-order valence-electron chi connectivity index (χ3n) is 7.11. The predicted octanol–water partition coefficient (Wildman–Crippen LogP) is 8.11. The van der Waals surface area contributed by atoms with Gasteiger partial charge in [-0.15, -0.1) is 0 Å². The summed E-state index contributed by atoms with van der Waals surface area (Å²) in [6.45, 7) is 3.75. The van der Waals surface area contributed by atoms with Gasteiger partial charge in [-0.1, -0.05) is 60.7 Å². The lowest BCUT2D eigenvalue weighted by atomic mass is 10.0. The van der Waals surface area contributed by atoms with E-state index in [1.165, 1.54) is 12.1 Å². The van der Waals surface area contributed by atoms with E-state index in [0.717, 1.165) is 55.2 Å². The molecule has 0 fully saturated rings. The molecule has 182 valence electrons. The number of hydrogen-bond acceptors (Lipinski definition) is 4. The van der Waals surface area contributed by atoms with Crippen molar-refractivity contribution in [2.45, 2.75) is 13.8 Å². The van der Waals surface area contributed by atoms with Crippen LogP contribution in [0.1, 0.15) is 11.1 Å². The lowest BCUT2D eigenvalue weighted by Gasteiger charge is -2.09. The molecule has 0 aliphatic rings. The van der Waals surface area contributed by atoms with E-state index in [1.54, 1.807) is 0 Å². The summed E-state index contributed by atoms with van der Waals surface area (Å²) in [6.07, 6.45) is 0. The summed E-state index contributed by atoms with van der Waals surface area (Å²) in [5, 5.41) is 3.59. The van der Waals surface area contributed by atoms with Crippen LogP contribution < -0.4 is 0 Å². The first-order chi connectivity index (χ1) is 18.4. The first-order valence-electron chi connectivity index (χ1n) is 12.3. The van der Waals surface area contributed by atoms with Gasteiger partial charge in [0.1, 0.15) is 11.0 Å². The van der Waals surface area contributed by atoms with Gasteiger partial charge in [-0.25, -0.2) is 19.9 Å². The predicted molar refractivity (Wildman–Crippen MR) is 148 cm³/mol. The van der Waals surface area contributed by atoms with Crippen LogP contribution in [-0.4, -0.2) is 19.9 Å². The Bertz CT molecular complexity index is 1920. The molecule has 0 aliphatic carbocycles. The van der Waals surface area contributed by atoms with E-state index in [9.17, 15) is 8.78 Å². The maximum absolute atomic E-state index is 14.1. The zero-order valence-electron chi connectivity index (χ0n) is 20.6. The highest BCUT2D eigenvalue weighted by Gasteiger charge is 2.12. The number of aryl methyl sites for hydroxylation is 2. The van der Waals surface area contributed by atoms with E-state index in [1.807, 2.05) is 86.6 Å². The van der Waals surface area contributed by atoms with Crippen molar-refractivity contribution in [1.82, 2.24) is 19.9 Å². The molecule has 0 radical (unpaired) electrons. The molecule has 0 spiro atoms. The van der Waals surface area contributed by atoms with Crippen LogP contribution in [0.25, 0.3) is 66.1 Å². The second-order valence-corrected chi connectivity index (χ2v) is 9.56. The van der Waals surface area contributed by atoms with Gasteiger partial charge < -0.3 is 0 Å². The number of benzene rings is 3. The lowest BCUT2D eigenvalue weighted by molar-refractivity contribution is 0.587. The standard InChI is InChI=1S/C32H20F2N4/c1-17-15-27(33)37-31-23(17)11-7-21-9-13-25(35-29(21)31)19-3-5-20(6-4-19)26-14-10-22-8-12-24-18(2)16-28(34)38-32(24)30(22)36-26/h3-16H,1-2H3. The average molecular weight is 499 g/mol. The fourth-order valence-electron chi connectivity index (χ4n) is 5.13. The van der Waals surface area contributed by atoms with Crippen molar-refractivity contribution in [3.8, 4) is 22.5 Å². The van der Waals surface area contributed by atoms with Crippen molar-refractivity contribution in [2.75, 3.05) is 0 Å². The molecule has 38 heavy (non-hydrogen) atoms. The molecule has 0 amide bonds. The molecule has 4 aromatic heterocycles. The van der Waals surface area contributed by atoms with E-state index in [4.69, 9.17) is 9.97 Å². The maximum atomic E-state index is 14.1. The Morgan fingerprint density at radius 1 is 0.447 bits per heavy atom. The minimum absolute atomic E-state index is 0.511. The number of fused-ring (bicyclic) bond motifs is 6. The van der Waals surface area contributed by atoms with Crippen LogP contribution in [0.2, 0.25) is 0 Å². The fourth-order valence-corrected chi connectivity index (χ4v) is 5.13. The van der Waals surface area contributed by atoms with Crippen LogP contribution in [0.4, 0.5) is 8.78 Å². The van der Waals surface area contributed by atoms with Crippen molar-refractivity contribution in [3.05, 3.63) is 108 Å². The number of pyridine rings is 4. The first kappa shape index (κ1) is 22.4. The largest absolute Gasteiger partial charge is 0.245 e. The molecular weight excluding hydrogens is 478 g/mol. The Hall–Kier alpha value is -4.84. The Morgan fingerprint density at radius 2 is 0.842 bits per heavy atom. The monoisotopic (exact) mass is 498 g/mol. The van der Waals surface area contributed by atoms with Gasteiger partial charge in [0, 0.05) is 32.7 Å². The van der Waals surface area contributed by atoms with Gasteiger partial charge in [-0.2, -0.15) is 8.78 Å². The highest BCUT2D eigenvalue weighted by molar-refractivity contribution is 6.05. The van der Waals surface area contributed by atoms with E-state index in [-0.39, 0.29) is 0 Å². The minimum Gasteiger partial charge on any atom is -0.245 e. The van der Waals surface area contributed by atoms with Crippen LogP contribution in [0.3, 0.4) is 0 Å². The average Bonchev–Trinajstić information content (AvgIpc) is 2.92. The van der Waals surface area contributed by atoms with Crippen molar-refractivity contribution < 1.29 is 8.78 Å². The molecule has 4 nitrogen and oxygen atoms in total. The Labute approximate surface area is 216 Å². The molecule has 0 bridgehead atoms. The smallest absolute Gasteiger partial charge is 0.213 e. The van der Waals surface area contributed by atoms with Gasteiger partial charge in [0.05, 0.1) is 22.4 Å². The summed E-state index contributed by atoms with van der Waals surface area (Å²) in [4.78, 5) is 18.0. The topological polar surface area (TPSA) is 51.6 Å². The zero-order chi connectivity index (χ0) is 26.0.